The van der Waals surface area contributed by atoms with Crippen LogP contribution in [0.3, 0.4) is 0 Å². The molecule has 1 atom stereocenters. The van der Waals surface area contributed by atoms with Gasteiger partial charge in [-0.15, -0.1) is 5.10 Å². The van der Waals surface area contributed by atoms with Gasteiger partial charge in [-0.05, 0) is 31.4 Å². The largest absolute Gasteiger partial charge is 0.383 e. The molecule has 1 saturated heterocycles. The molecule has 2 aromatic rings. The molecular formula is C22H22N6O6. The number of carbonyl (C=O) groups excluding carboxylic acids is 5. The van der Waals surface area contributed by atoms with Crippen molar-refractivity contribution in [1.82, 2.24) is 25.2 Å². The van der Waals surface area contributed by atoms with Crippen LogP contribution >= 0.6 is 0 Å². The van der Waals surface area contributed by atoms with Crippen molar-refractivity contribution in [3.8, 4) is 0 Å². The summed E-state index contributed by atoms with van der Waals surface area (Å²) in [6.07, 6.45) is 4.56. The molecule has 1 aliphatic carbocycles. The Morgan fingerprint density at radius 2 is 1.94 bits per heavy atom. The number of anilines is 1. The predicted molar refractivity (Wildman–Crippen MR) is 114 cm³/mol. The van der Waals surface area contributed by atoms with Gasteiger partial charge in [0.1, 0.15) is 23.9 Å². The van der Waals surface area contributed by atoms with E-state index in [4.69, 9.17) is 0 Å². The second-order valence-electron chi connectivity index (χ2n) is 8.76. The van der Waals surface area contributed by atoms with Crippen LogP contribution in [0.2, 0.25) is 0 Å². The van der Waals surface area contributed by atoms with Crippen molar-refractivity contribution in [2.75, 3.05) is 5.32 Å². The summed E-state index contributed by atoms with van der Waals surface area (Å²) in [5.41, 5.74) is -0.421. The number of imide groups is 2. The van der Waals surface area contributed by atoms with Gasteiger partial charge < -0.3 is 10.4 Å². The molecule has 2 fully saturated rings. The van der Waals surface area contributed by atoms with Gasteiger partial charge in [0, 0.05) is 6.42 Å². The van der Waals surface area contributed by atoms with Gasteiger partial charge in [0.05, 0.1) is 23.0 Å². The van der Waals surface area contributed by atoms with Crippen LogP contribution in [0, 0.1) is 0 Å². The van der Waals surface area contributed by atoms with Crippen molar-refractivity contribution in [1.29, 1.82) is 0 Å². The van der Waals surface area contributed by atoms with E-state index in [2.05, 4.69) is 20.9 Å². The number of fused-ring (bicyclic) bond motifs is 1. The summed E-state index contributed by atoms with van der Waals surface area (Å²) < 4.78 is 1.30. The predicted octanol–water partition coefficient (Wildman–Crippen LogP) is 0.0796. The zero-order valence-electron chi connectivity index (χ0n) is 18.1. The van der Waals surface area contributed by atoms with Crippen molar-refractivity contribution in [2.24, 2.45) is 0 Å². The lowest BCUT2D eigenvalue weighted by atomic mass is 9.99. The lowest BCUT2D eigenvalue weighted by Gasteiger charge is -2.27. The van der Waals surface area contributed by atoms with Crippen LogP contribution in [-0.4, -0.2) is 60.6 Å². The molecule has 34 heavy (non-hydrogen) atoms. The van der Waals surface area contributed by atoms with Gasteiger partial charge in [-0.2, -0.15) is 0 Å². The van der Waals surface area contributed by atoms with Gasteiger partial charge in [0.25, 0.3) is 11.8 Å². The average Bonchev–Trinajstić information content (AvgIpc) is 3.50. The van der Waals surface area contributed by atoms with Crippen LogP contribution in [0.25, 0.3) is 0 Å². The molecule has 3 aliphatic rings. The number of hydrogen-bond acceptors (Lipinski definition) is 8. The molecule has 3 heterocycles. The van der Waals surface area contributed by atoms with E-state index in [0.717, 1.165) is 17.7 Å². The van der Waals surface area contributed by atoms with Crippen LogP contribution in [0.1, 0.15) is 64.9 Å². The third-order valence-corrected chi connectivity index (χ3v) is 6.49. The fourth-order valence-electron chi connectivity index (χ4n) is 4.76. The van der Waals surface area contributed by atoms with E-state index in [9.17, 15) is 29.1 Å². The third-order valence-electron chi connectivity index (χ3n) is 6.49. The van der Waals surface area contributed by atoms with Gasteiger partial charge in [-0.3, -0.25) is 34.2 Å². The maximum absolute atomic E-state index is 13.1. The first-order valence-electron chi connectivity index (χ1n) is 11.0. The van der Waals surface area contributed by atoms with E-state index in [-0.39, 0.29) is 36.2 Å². The Hall–Kier alpha value is -3.93. The van der Waals surface area contributed by atoms with Gasteiger partial charge in [0.15, 0.2) is 0 Å². The van der Waals surface area contributed by atoms with Gasteiger partial charge in [0.2, 0.25) is 17.7 Å². The number of nitrogens with zero attached hydrogens (tertiary/aromatic N) is 4. The molecule has 1 aromatic heterocycles. The molecule has 176 valence electrons. The average molecular weight is 466 g/mol. The van der Waals surface area contributed by atoms with Gasteiger partial charge >= 0.3 is 0 Å². The van der Waals surface area contributed by atoms with Crippen LogP contribution < -0.4 is 10.6 Å². The highest BCUT2D eigenvalue weighted by Crippen LogP contribution is 2.37. The Balaban J connectivity index is 1.33. The molecule has 0 bridgehead atoms. The second kappa shape index (κ2) is 8.13. The van der Waals surface area contributed by atoms with Crippen molar-refractivity contribution in [3.05, 3.63) is 41.2 Å². The van der Waals surface area contributed by atoms with E-state index in [1.54, 1.807) is 0 Å². The Morgan fingerprint density at radius 1 is 1.18 bits per heavy atom. The summed E-state index contributed by atoms with van der Waals surface area (Å²) in [4.78, 5) is 63.2. The number of amides is 5. The number of aliphatic hydroxyl groups is 1. The van der Waals surface area contributed by atoms with E-state index in [1.165, 1.54) is 29.1 Å². The van der Waals surface area contributed by atoms with Crippen molar-refractivity contribution in [2.45, 2.75) is 56.7 Å². The summed E-state index contributed by atoms with van der Waals surface area (Å²) in [6, 6.07) is 3.37. The number of hydrogen-bond donors (Lipinski definition) is 3. The highest BCUT2D eigenvalue weighted by atomic mass is 16.3. The summed E-state index contributed by atoms with van der Waals surface area (Å²) in [5, 5.41) is 23.3. The summed E-state index contributed by atoms with van der Waals surface area (Å²) in [6.45, 7) is -0.217. The number of rotatable bonds is 5. The van der Waals surface area contributed by atoms with Gasteiger partial charge in [-0.25, -0.2) is 4.68 Å². The van der Waals surface area contributed by atoms with E-state index in [0.29, 0.717) is 18.5 Å². The van der Waals surface area contributed by atoms with Crippen LogP contribution in [0.15, 0.2) is 24.4 Å². The normalized spacial score (nSPS) is 21.6. The van der Waals surface area contributed by atoms with Crippen molar-refractivity contribution in [3.63, 3.8) is 0 Å². The lowest BCUT2D eigenvalue weighted by Crippen LogP contribution is -2.54. The number of aromatic nitrogens is 3. The lowest BCUT2D eigenvalue weighted by molar-refractivity contribution is -0.136. The molecule has 1 unspecified atom stereocenters. The molecule has 3 N–H and O–H groups in total. The quantitative estimate of drug-likeness (QED) is 0.522. The minimum Gasteiger partial charge on any atom is -0.383 e. The molecule has 2 aliphatic heterocycles. The minimum atomic E-state index is -1.09. The molecule has 12 nitrogen and oxygen atoms in total. The number of nitrogens with one attached hydrogen (secondary N) is 2. The number of piperidine rings is 1. The number of carbonyl (C=O) groups is 5. The summed E-state index contributed by atoms with van der Waals surface area (Å²) >= 11 is 0. The third kappa shape index (κ3) is 3.65. The van der Waals surface area contributed by atoms with Crippen molar-refractivity contribution >= 4 is 35.2 Å². The first-order valence-corrected chi connectivity index (χ1v) is 11.0. The van der Waals surface area contributed by atoms with Gasteiger partial charge in [-0.1, -0.05) is 24.1 Å². The Morgan fingerprint density at radius 3 is 2.68 bits per heavy atom. The molecule has 5 rings (SSSR count). The Bertz CT molecular complexity index is 1230. The van der Waals surface area contributed by atoms with E-state index in [1.807, 2.05) is 0 Å². The topological polar surface area (TPSA) is 164 Å². The molecule has 0 spiro atoms. The fraction of sp³-hybridized carbons (Fsp3) is 0.409. The first-order chi connectivity index (χ1) is 16.3. The molecule has 5 amide bonds. The molecular weight excluding hydrogens is 444 g/mol. The summed E-state index contributed by atoms with van der Waals surface area (Å²) in [5.74, 6) is -3.04. The molecule has 1 aromatic carbocycles. The fourth-order valence-corrected chi connectivity index (χ4v) is 4.76. The minimum absolute atomic E-state index is 0.00917. The highest BCUT2D eigenvalue weighted by molar-refractivity contribution is 6.26. The number of benzene rings is 1. The molecule has 12 heteroatoms. The van der Waals surface area contributed by atoms with Crippen LogP contribution in [0.4, 0.5) is 5.69 Å². The zero-order valence-corrected chi connectivity index (χ0v) is 18.1. The van der Waals surface area contributed by atoms with E-state index >= 15 is 0 Å². The standard InChI is InChI=1S/C22H22N6O6/c29-16-7-6-14(19(31)24-16)28-20(32)12-4-3-5-13(18(12)21(28)33)23-17(30)11-27-10-15(25-26-27)22(34)8-1-2-9-22/h3-5,10,14,34H,1-2,6-9,11H2,(H,23,30)(H,24,29,31). The molecule has 1 saturated carbocycles. The van der Waals surface area contributed by atoms with Crippen LogP contribution in [-0.2, 0) is 26.5 Å². The Kier molecular flexibility index (Phi) is 5.24. The Labute approximate surface area is 193 Å². The maximum atomic E-state index is 13.1. The SMILES string of the molecule is O=C1CCC(N2C(=O)c3cccc(NC(=O)Cn4cc(C5(O)CCCC5)nn4)c3C2=O)C(=O)N1. The zero-order chi connectivity index (χ0) is 24.0. The smallest absolute Gasteiger partial charge is 0.264 e. The van der Waals surface area contributed by atoms with Crippen LogP contribution in [0.5, 0.6) is 0 Å². The molecule has 0 radical (unpaired) electrons. The maximum Gasteiger partial charge on any atom is 0.264 e. The monoisotopic (exact) mass is 466 g/mol. The summed E-state index contributed by atoms with van der Waals surface area (Å²) in [7, 11) is 0. The van der Waals surface area contributed by atoms with E-state index < -0.39 is 41.2 Å². The highest BCUT2D eigenvalue weighted by Gasteiger charge is 2.45. The first kappa shape index (κ1) is 21.9. The second-order valence-corrected chi connectivity index (χ2v) is 8.76. The van der Waals surface area contributed by atoms with Crippen molar-refractivity contribution < 1.29 is 29.1 Å².